The first kappa shape index (κ1) is 47.2. The van der Waals surface area contributed by atoms with Crippen LogP contribution in [0.15, 0.2) is 91.5 Å². The summed E-state index contributed by atoms with van der Waals surface area (Å²) in [6, 6.07) is 24.3. The molecule has 8 rings (SSSR count). The van der Waals surface area contributed by atoms with Crippen molar-refractivity contribution in [2.75, 3.05) is 6.61 Å². The molecule has 0 aliphatic rings. The van der Waals surface area contributed by atoms with E-state index in [4.69, 9.17) is 39.4 Å². The number of aromatic carboxylic acids is 1. The Hall–Kier alpha value is -7.35. The van der Waals surface area contributed by atoms with Crippen molar-refractivity contribution < 1.29 is 29.6 Å². The lowest BCUT2D eigenvalue weighted by atomic mass is 9.78. The number of rotatable bonds is 11. The zero-order valence-electron chi connectivity index (χ0n) is 40.9. The van der Waals surface area contributed by atoms with E-state index in [1.54, 1.807) is 34.1 Å². The average molecular weight is 917 g/mol. The van der Waals surface area contributed by atoms with Gasteiger partial charge in [0, 0.05) is 39.8 Å². The fraction of sp³-hybridized carbons (Fsp3) is 0.352. The van der Waals surface area contributed by atoms with Crippen LogP contribution in [0.5, 0.6) is 23.3 Å². The topological polar surface area (TPSA) is 183 Å². The Morgan fingerprint density at radius 2 is 0.956 bits per heavy atom. The molecule has 0 saturated carbocycles. The van der Waals surface area contributed by atoms with Gasteiger partial charge in [-0.15, -0.1) is 0 Å². The molecule has 0 aliphatic carbocycles. The number of aromatic hydroxyl groups is 2. The predicted molar refractivity (Wildman–Crippen MR) is 264 cm³/mol. The van der Waals surface area contributed by atoms with E-state index in [2.05, 4.69) is 53.7 Å². The highest BCUT2D eigenvalue weighted by atomic mass is 16.5. The van der Waals surface area contributed by atoms with Crippen LogP contribution in [0.3, 0.4) is 0 Å². The number of carboxylic acid groups (broad SMARTS) is 1. The third kappa shape index (κ3) is 9.45. The Labute approximate surface area is 396 Å². The van der Waals surface area contributed by atoms with E-state index >= 15 is 0 Å². The molecule has 3 N–H and O–H groups in total. The molecule has 4 aromatic heterocycles. The monoisotopic (exact) mass is 916 g/mol. The molecule has 8 aromatic rings. The summed E-state index contributed by atoms with van der Waals surface area (Å²) < 4.78 is 16.4. The van der Waals surface area contributed by atoms with Crippen LogP contribution in [-0.4, -0.2) is 67.2 Å². The van der Waals surface area contributed by atoms with Gasteiger partial charge >= 0.3 is 5.97 Å². The van der Waals surface area contributed by atoms with Crippen LogP contribution in [0.2, 0.25) is 0 Å². The summed E-state index contributed by atoms with van der Waals surface area (Å²) in [7, 11) is 0. The fourth-order valence-electron chi connectivity index (χ4n) is 8.12. The van der Waals surface area contributed by atoms with Crippen LogP contribution in [0.1, 0.15) is 127 Å². The van der Waals surface area contributed by atoms with E-state index in [9.17, 15) is 20.1 Å². The van der Waals surface area contributed by atoms with Crippen LogP contribution < -0.4 is 9.47 Å². The van der Waals surface area contributed by atoms with Gasteiger partial charge in [0.1, 0.15) is 30.8 Å². The molecule has 0 spiro atoms. The van der Waals surface area contributed by atoms with Crippen LogP contribution in [0, 0.1) is 0 Å². The van der Waals surface area contributed by atoms with Crippen molar-refractivity contribution in [1.29, 1.82) is 0 Å². The number of fused-ring (bicyclic) bond motifs is 2. The average Bonchev–Trinajstić information content (AvgIpc) is 3.89. The normalized spacial score (nSPS) is 12.5. The number of carbonyl (C=O) groups is 1. The second-order valence-corrected chi connectivity index (χ2v) is 21.4. The lowest BCUT2D eigenvalue weighted by molar-refractivity contribution is 0.0696. The molecule has 0 fully saturated rings. The highest BCUT2D eigenvalue weighted by Crippen LogP contribution is 2.44. The number of hydrogen-bond donors (Lipinski definition) is 3. The molecular formula is C54H60N8O6. The van der Waals surface area contributed by atoms with Crippen LogP contribution >= 0.6 is 0 Å². The Balaban J connectivity index is 1.35. The maximum atomic E-state index is 11.7. The third-order valence-electron chi connectivity index (χ3n) is 11.9. The van der Waals surface area contributed by atoms with Crippen LogP contribution in [0.4, 0.5) is 0 Å². The second-order valence-electron chi connectivity index (χ2n) is 21.4. The summed E-state index contributed by atoms with van der Waals surface area (Å²) in [5.74, 6) is 0.612. The molecule has 0 unspecified atom stereocenters. The minimum atomic E-state index is -1.02. The quantitative estimate of drug-likeness (QED) is 0.112. The van der Waals surface area contributed by atoms with Crippen molar-refractivity contribution in [3.05, 3.63) is 130 Å². The summed E-state index contributed by atoms with van der Waals surface area (Å²) in [5.41, 5.74) is 6.21. The van der Waals surface area contributed by atoms with E-state index in [1.165, 1.54) is 12.1 Å². The summed E-state index contributed by atoms with van der Waals surface area (Å²) in [4.78, 5) is 41.6. The fourth-order valence-corrected chi connectivity index (χ4v) is 8.12. The molecule has 0 amide bonds. The lowest BCUT2D eigenvalue weighted by Crippen LogP contribution is -2.18. The number of hydrogen-bond acceptors (Lipinski definition) is 11. The van der Waals surface area contributed by atoms with Crippen molar-refractivity contribution >= 4 is 28.3 Å². The Bertz CT molecular complexity index is 3110. The number of carboxylic acids is 1. The summed E-state index contributed by atoms with van der Waals surface area (Å²) >= 11 is 0. The van der Waals surface area contributed by atoms with Crippen LogP contribution in [-0.2, 0) is 34.7 Å². The molecule has 0 atom stereocenters. The Morgan fingerprint density at radius 3 is 1.35 bits per heavy atom. The van der Waals surface area contributed by atoms with Gasteiger partial charge < -0.3 is 24.8 Å². The number of phenolic OH excluding ortho intramolecular Hbond substituents is 2. The highest BCUT2D eigenvalue weighted by Gasteiger charge is 2.31. The first-order chi connectivity index (χ1) is 31.9. The zero-order valence-corrected chi connectivity index (χ0v) is 40.9. The van der Waals surface area contributed by atoms with Gasteiger partial charge in [-0.05, 0) is 69.2 Å². The molecule has 0 bridgehead atoms. The second kappa shape index (κ2) is 17.4. The summed E-state index contributed by atoms with van der Waals surface area (Å²) in [6.45, 7) is 25.1. The van der Waals surface area contributed by atoms with Crippen molar-refractivity contribution in [3.8, 4) is 46.0 Å². The number of ether oxygens (including phenoxy) is 2. The minimum Gasteiger partial charge on any atom is -0.507 e. The molecule has 68 heavy (non-hydrogen) atoms. The molecular weight excluding hydrogens is 857 g/mol. The highest BCUT2D eigenvalue weighted by molar-refractivity contribution is 5.87. The summed E-state index contributed by atoms with van der Waals surface area (Å²) in [6.07, 6.45) is 3.85. The van der Waals surface area contributed by atoms with E-state index in [1.807, 2.05) is 84.0 Å². The van der Waals surface area contributed by atoms with E-state index in [0.29, 0.717) is 58.1 Å². The molecule has 352 valence electrons. The predicted octanol–water partition coefficient (Wildman–Crippen LogP) is 11.1. The number of imidazole rings is 2. The largest absolute Gasteiger partial charge is 0.507 e. The smallest absolute Gasteiger partial charge is 0.335 e. The molecule has 0 aliphatic heterocycles. The molecule has 0 radical (unpaired) electrons. The Morgan fingerprint density at radius 1 is 0.544 bits per heavy atom. The summed E-state index contributed by atoms with van der Waals surface area (Å²) in [5, 5.41) is 32.8. The Kier molecular flexibility index (Phi) is 12.1. The number of aromatic nitrogens is 8. The lowest BCUT2D eigenvalue weighted by Gasteiger charge is -2.28. The SMILES string of the molecule is CC(C)(C)c1cc(-c2nc(OCCc3ccccc3)c3ncn(-n4cnc5c(OCc6ccc(C(=O)O)cc6)nc(-c6cc(C(C)(C)C)c(O)c(C(C)(C)C)c6)nc54)c3n2)cc(C(C)(C)C)c1O. The number of phenols is 2. The van der Waals surface area contributed by atoms with Gasteiger partial charge in [0.25, 0.3) is 0 Å². The van der Waals surface area contributed by atoms with E-state index in [0.717, 1.165) is 33.4 Å². The molecule has 14 heteroatoms. The molecule has 14 nitrogen and oxygen atoms in total. The van der Waals surface area contributed by atoms with Crippen molar-refractivity contribution in [2.24, 2.45) is 0 Å². The zero-order chi connectivity index (χ0) is 49.1. The van der Waals surface area contributed by atoms with Crippen molar-refractivity contribution in [2.45, 2.75) is 118 Å². The van der Waals surface area contributed by atoms with E-state index < -0.39 is 27.6 Å². The molecule has 4 aromatic carbocycles. The minimum absolute atomic E-state index is 0.0579. The first-order valence-corrected chi connectivity index (χ1v) is 22.8. The molecule has 0 saturated heterocycles. The van der Waals surface area contributed by atoms with Gasteiger partial charge in [-0.3, -0.25) is 0 Å². The van der Waals surface area contributed by atoms with E-state index in [-0.39, 0.29) is 35.4 Å². The van der Waals surface area contributed by atoms with Gasteiger partial charge in [-0.2, -0.15) is 9.97 Å². The van der Waals surface area contributed by atoms with Crippen LogP contribution in [0.25, 0.3) is 45.1 Å². The number of benzene rings is 4. The van der Waals surface area contributed by atoms with Gasteiger partial charge in [0.05, 0.1) is 12.2 Å². The standard InChI is InChI=1S/C54H60N8O6/c1-51(2,3)36-24-34(25-37(42(36)63)52(4,5)6)44-57-46-40(48(59-44)67-23-22-31-16-14-13-15-17-31)55-29-61(46)62-30-56-41-47(62)58-45(60-49(41)68-28-32-18-20-33(21-19-32)50(65)66)35-26-38(53(7,8)9)43(64)39(27-35)54(10,11)12/h13-21,24-27,29-30,63-64H,22-23,28H2,1-12H3,(H,65,66). The third-order valence-corrected chi connectivity index (χ3v) is 11.9. The van der Waals surface area contributed by atoms with Gasteiger partial charge in [0.15, 0.2) is 34.0 Å². The maximum absolute atomic E-state index is 11.7. The number of nitrogens with zero attached hydrogens (tertiary/aromatic N) is 8. The van der Waals surface area contributed by atoms with Gasteiger partial charge in [0.2, 0.25) is 11.8 Å². The van der Waals surface area contributed by atoms with Gasteiger partial charge in [-0.1, -0.05) is 126 Å². The molecule has 4 heterocycles. The maximum Gasteiger partial charge on any atom is 0.335 e. The van der Waals surface area contributed by atoms with Crippen molar-refractivity contribution in [1.82, 2.24) is 39.3 Å². The van der Waals surface area contributed by atoms with Crippen molar-refractivity contribution in [3.63, 3.8) is 0 Å². The first-order valence-electron chi connectivity index (χ1n) is 22.8. The van der Waals surface area contributed by atoms with Gasteiger partial charge in [-0.25, -0.2) is 34.1 Å².